The minimum Gasteiger partial charge on any atom is -0.366 e. The molecule has 152 valence electrons. The van der Waals surface area contributed by atoms with E-state index in [2.05, 4.69) is 6.92 Å². The molecule has 0 bridgehead atoms. The monoisotopic (exact) mass is 400 g/mol. The van der Waals surface area contributed by atoms with Gasteiger partial charge < -0.3 is 10.3 Å². The van der Waals surface area contributed by atoms with E-state index in [9.17, 15) is 18.0 Å². The Labute approximate surface area is 168 Å². The van der Waals surface area contributed by atoms with E-state index in [0.717, 1.165) is 30.7 Å². The fraction of sp³-hybridized carbons (Fsp3) is 0.261. The number of hydrogen-bond donors (Lipinski definition) is 1. The predicted molar refractivity (Wildman–Crippen MR) is 107 cm³/mol. The van der Waals surface area contributed by atoms with Gasteiger partial charge in [0.2, 0.25) is 0 Å². The topological polar surface area (TPSA) is 48.0 Å². The van der Waals surface area contributed by atoms with Gasteiger partial charge >= 0.3 is 0 Å². The number of carbonyl (C=O) groups excluding carboxylic acids is 1. The van der Waals surface area contributed by atoms with E-state index in [0.29, 0.717) is 34.4 Å². The van der Waals surface area contributed by atoms with Crippen molar-refractivity contribution in [3.63, 3.8) is 0 Å². The minimum absolute atomic E-state index is 0.267. The summed E-state index contributed by atoms with van der Waals surface area (Å²) in [5, 5.41) is 0. The molecule has 0 aliphatic rings. The Balaban J connectivity index is 2.20. The Hall–Kier alpha value is -3.02. The van der Waals surface area contributed by atoms with Gasteiger partial charge in [-0.2, -0.15) is 0 Å². The van der Waals surface area contributed by atoms with Crippen molar-refractivity contribution >= 4 is 5.91 Å². The molecule has 3 rings (SSSR count). The van der Waals surface area contributed by atoms with Crippen LogP contribution in [0, 0.1) is 24.4 Å². The number of nitrogens with two attached hydrogens (primary N) is 1. The van der Waals surface area contributed by atoms with Crippen molar-refractivity contribution in [3.05, 3.63) is 82.4 Å². The van der Waals surface area contributed by atoms with E-state index in [4.69, 9.17) is 5.73 Å². The number of carbonyl (C=O) groups is 1. The molecule has 2 N–H and O–H groups in total. The van der Waals surface area contributed by atoms with Crippen molar-refractivity contribution in [2.45, 2.75) is 39.7 Å². The Morgan fingerprint density at radius 3 is 2.31 bits per heavy atom. The van der Waals surface area contributed by atoms with Gasteiger partial charge in [0.15, 0.2) is 11.6 Å². The molecule has 0 saturated carbocycles. The molecule has 0 radical (unpaired) electrons. The summed E-state index contributed by atoms with van der Waals surface area (Å²) >= 11 is 0. The first-order chi connectivity index (χ1) is 13.8. The van der Waals surface area contributed by atoms with Crippen LogP contribution in [0.5, 0.6) is 0 Å². The number of amides is 1. The van der Waals surface area contributed by atoms with Crippen molar-refractivity contribution in [1.29, 1.82) is 0 Å². The summed E-state index contributed by atoms with van der Waals surface area (Å²) in [6.45, 7) is 4.11. The number of halogens is 3. The third-order valence-electron chi connectivity index (χ3n) is 5.10. The standard InChI is InChI=1S/C23H23F3N2O/c1-3-4-5-20-22(16-7-9-17(24)10-8-16)21(23(27)29)14(2)28(20)13-15-6-11-18(25)19(26)12-15/h6-12H,3-5,13H2,1-2H3,(H2,27,29). The highest BCUT2D eigenvalue weighted by Gasteiger charge is 2.24. The lowest BCUT2D eigenvalue weighted by atomic mass is 9.97. The molecule has 29 heavy (non-hydrogen) atoms. The zero-order valence-corrected chi connectivity index (χ0v) is 16.4. The van der Waals surface area contributed by atoms with Gasteiger partial charge in [-0.3, -0.25) is 4.79 Å². The maximum Gasteiger partial charge on any atom is 0.251 e. The minimum atomic E-state index is -0.920. The van der Waals surface area contributed by atoms with Crippen LogP contribution < -0.4 is 5.73 Å². The van der Waals surface area contributed by atoms with E-state index in [1.807, 2.05) is 4.57 Å². The van der Waals surface area contributed by atoms with Crippen LogP contribution in [0.3, 0.4) is 0 Å². The molecule has 2 aromatic carbocycles. The third-order valence-corrected chi connectivity index (χ3v) is 5.10. The van der Waals surface area contributed by atoms with Crippen molar-refractivity contribution in [1.82, 2.24) is 4.57 Å². The molecule has 0 aliphatic carbocycles. The maximum atomic E-state index is 13.7. The largest absolute Gasteiger partial charge is 0.366 e. The van der Waals surface area contributed by atoms with E-state index in [1.54, 1.807) is 19.1 Å². The van der Waals surface area contributed by atoms with Crippen molar-refractivity contribution in [2.24, 2.45) is 5.73 Å². The zero-order chi connectivity index (χ0) is 21.1. The Kier molecular flexibility index (Phi) is 6.11. The fourth-order valence-electron chi connectivity index (χ4n) is 3.67. The van der Waals surface area contributed by atoms with Crippen molar-refractivity contribution < 1.29 is 18.0 Å². The molecule has 0 atom stereocenters. The first-order valence-corrected chi connectivity index (χ1v) is 9.55. The predicted octanol–water partition coefficient (Wildman–Crippen LogP) is 5.37. The SMILES string of the molecule is CCCCc1c(-c2ccc(F)cc2)c(C(N)=O)c(C)n1Cc1ccc(F)c(F)c1. The molecule has 0 unspecified atom stereocenters. The van der Waals surface area contributed by atoms with Crippen LogP contribution >= 0.6 is 0 Å². The van der Waals surface area contributed by atoms with Crippen LogP contribution in [0.15, 0.2) is 42.5 Å². The Bertz CT molecular complexity index is 1040. The highest BCUT2D eigenvalue weighted by molar-refractivity contribution is 6.02. The molecule has 1 aromatic heterocycles. The number of primary amides is 1. The van der Waals surface area contributed by atoms with Crippen LogP contribution in [-0.4, -0.2) is 10.5 Å². The quantitative estimate of drug-likeness (QED) is 0.569. The van der Waals surface area contributed by atoms with Gasteiger partial charge in [-0.1, -0.05) is 31.5 Å². The van der Waals surface area contributed by atoms with Crippen LogP contribution in [0.4, 0.5) is 13.2 Å². The number of aromatic nitrogens is 1. The first-order valence-electron chi connectivity index (χ1n) is 9.55. The van der Waals surface area contributed by atoms with Crippen molar-refractivity contribution in [2.75, 3.05) is 0 Å². The summed E-state index contributed by atoms with van der Waals surface area (Å²) in [6, 6.07) is 9.67. The smallest absolute Gasteiger partial charge is 0.251 e. The highest BCUT2D eigenvalue weighted by Crippen LogP contribution is 2.34. The number of unbranched alkanes of at least 4 members (excludes halogenated alkanes) is 1. The number of nitrogens with zero attached hydrogens (tertiary/aromatic N) is 1. The molecular formula is C23H23F3N2O. The van der Waals surface area contributed by atoms with Crippen LogP contribution in [0.1, 0.15) is 47.1 Å². The van der Waals surface area contributed by atoms with Crippen molar-refractivity contribution in [3.8, 4) is 11.1 Å². The summed E-state index contributed by atoms with van der Waals surface area (Å²) in [6.07, 6.45) is 2.47. The number of rotatable bonds is 7. The molecule has 0 spiro atoms. The van der Waals surface area contributed by atoms with Gasteiger partial charge in [-0.05, 0) is 55.2 Å². The van der Waals surface area contributed by atoms with Gasteiger partial charge in [-0.15, -0.1) is 0 Å². The molecular weight excluding hydrogens is 377 g/mol. The molecule has 6 heteroatoms. The average molecular weight is 400 g/mol. The van der Waals surface area contributed by atoms with Gasteiger partial charge in [0, 0.05) is 23.5 Å². The van der Waals surface area contributed by atoms with Gasteiger partial charge in [0.05, 0.1) is 5.56 Å². The van der Waals surface area contributed by atoms with E-state index in [1.165, 1.54) is 18.2 Å². The second-order valence-electron chi connectivity index (χ2n) is 7.09. The lowest BCUT2D eigenvalue weighted by Crippen LogP contribution is -2.13. The molecule has 0 fully saturated rings. The summed E-state index contributed by atoms with van der Waals surface area (Å²) in [5.74, 6) is -2.78. The van der Waals surface area contributed by atoms with Crippen LogP contribution in [0.25, 0.3) is 11.1 Å². The fourth-order valence-corrected chi connectivity index (χ4v) is 3.67. The Morgan fingerprint density at radius 1 is 1.03 bits per heavy atom. The molecule has 3 aromatic rings. The highest BCUT2D eigenvalue weighted by atomic mass is 19.2. The second kappa shape index (κ2) is 8.55. The summed E-state index contributed by atoms with van der Waals surface area (Å²) in [7, 11) is 0. The van der Waals surface area contributed by atoms with Gasteiger partial charge in [-0.25, -0.2) is 13.2 Å². The lowest BCUT2D eigenvalue weighted by molar-refractivity contribution is 0.1000. The molecule has 0 aliphatic heterocycles. The van der Waals surface area contributed by atoms with Gasteiger partial charge in [0.25, 0.3) is 5.91 Å². The molecule has 3 nitrogen and oxygen atoms in total. The Morgan fingerprint density at radius 2 is 1.72 bits per heavy atom. The van der Waals surface area contributed by atoms with Gasteiger partial charge in [0.1, 0.15) is 5.82 Å². The van der Waals surface area contributed by atoms with E-state index in [-0.39, 0.29) is 12.4 Å². The summed E-state index contributed by atoms with van der Waals surface area (Å²) < 4.78 is 42.4. The molecule has 0 saturated heterocycles. The normalized spacial score (nSPS) is 11.1. The van der Waals surface area contributed by atoms with E-state index < -0.39 is 17.5 Å². The molecule has 1 heterocycles. The van der Waals surface area contributed by atoms with Crippen LogP contribution in [-0.2, 0) is 13.0 Å². The summed E-state index contributed by atoms with van der Waals surface area (Å²) in [4.78, 5) is 12.3. The lowest BCUT2D eigenvalue weighted by Gasteiger charge is -2.14. The number of benzene rings is 2. The third kappa shape index (κ3) is 4.21. The van der Waals surface area contributed by atoms with E-state index >= 15 is 0 Å². The van der Waals surface area contributed by atoms with Crippen LogP contribution in [0.2, 0.25) is 0 Å². The second-order valence-corrected chi connectivity index (χ2v) is 7.09. The molecule has 1 amide bonds. The first kappa shape index (κ1) is 20.7. The average Bonchev–Trinajstić information content (AvgIpc) is 2.95. The number of hydrogen-bond acceptors (Lipinski definition) is 1. The maximum absolute atomic E-state index is 13.7. The zero-order valence-electron chi connectivity index (χ0n) is 16.4. The summed E-state index contributed by atoms with van der Waals surface area (Å²) in [5.41, 5.74) is 9.51.